The van der Waals surface area contributed by atoms with Gasteiger partial charge in [0.25, 0.3) is 0 Å². The number of benzene rings is 2. The van der Waals surface area contributed by atoms with E-state index in [0.717, 1.165) is 16.8 Å². The standard InChI is InChI=1S/C12H10Cl/c1-2-9-7-8-12(13)11-6-4-3-5-10(9)11/h3-8H,1-2H2. The van der Waals surface area contributed by atoms with Crippen LogP contribution in [0, 0.1) is 6.92 Å². The molecule has 13 heavy (non-hydrogen) atoms. The van der Waals surface area contributed by atoms with Crippen LogP contribution in [-0.2, 0) is 6.42 Å². The fraction of sp³-hybridized carbons (Fsp3) is 0.0833. The molecule has 0 bridgehead atoms. The van der Waals surface area contributed by atoms with Crippen molar-refractivity contribution in [3.63, 3.8) is 0 Å². The fourth-order valence-electron chi connectivity index (χ4n) is 1.54. The SMILES string of the molecule is [CH2]Cc1ccc(Cl)c2ccccc12. The Balaban J connectivity index is 2.84. The van der Waals surface area contributed by atoms with Gasteiger partial charge < -0.3 is 0 Å². The molecule has 0 aromatic heterocycles. The smallest absolute Gasteiger partial charge is 0.0484 e. The Kier molecular flexibility index (Phi) is 2.24. The van der Waals surface area contributed by atoms with Crippen LogP contribution in [0.5, 0.6) is 0 Å². The number of fused-ring (bicyclic) bond motifs is 1. The lowest BCUT2D eigenvalue weighted by Gasteiger charge is -2.04. The molecule has 2 aromatic rings. The van der Waals surface area contributed by atoms with E-state index in [1.54, 1.807) is 0 Å². The van der Waals surface area contributed by atoms with Gasteiger partial charge in [0.2, 0.25) is 0 Å². The summed E-state index contributed by atoms with van der Waals surface area (Å²) in [5, 5.41) is 3.14. The molecule has 0 spiro atoms. The summed E-state index contributed by atoms with van der Waals surface area (Å²) in [4.78, 5) is 0. The highest BCUT2D eigenvalue weighted by Crippen LogP contribution is 2.26. The predicted molar refractivity (Wildman–Crippen MR) is 58.0 cm³/mol. The molecule has 0 fully saturated rings. The average molecular weight is 190 g/mol. The monoisotopic (exact) mass is 189 g/mol. The molecule has 0 saturated heterocycles. The van der Waals surface area contributed by atoms with Crippen LogP contribution in [-0.4, -0.2) is 0 Å². The summed E-state index contributed by atoms with van der Waals surface area (Å²) in [5.74, 6) is 0. The van der Waals surface area contributed by atoms with Crippen LogP contribution in [0.4, 0.5) is 0 Å². The van der Waals surface area contributed by atoms with Gasteiger partial charge >= 0.3 is 0 Å². The molecule has 0 aliphatic heterocycles. The van der Waals surface area contributed by atoms with Crippen LogP contribution in [0.1, 0.15) is 5.56 Å². The Labute approximate surface area is 83.1 Å². The average Bonchev–Trinajstić information content (AvgIpc) is 2.19. The van der Waals surface area contributed by atoms with Crippen LogP contribution in [0.2, 0.25) is 5.02 Å². The van der Waals surface area contributed by atoms with E-state index >= 15 is 0 Å². The van der Waals surface area contributed by atoms with E-state index in [-0.39, 0.29) is 0 Å². The van der Waals surface area contributed by atoms with E-state index in [1.165, 1.54) is 10.9 Å². The Morgan fingerprint density at radius 3 is 2.38 bits per heavy atom. The third-order valence-electron chi connectivity index (χ3n) is 2.23. The van der Waals surface area contributed by atoms with E-state index in [1.807, 2.05) is 30.3 Å². The normalized spacial score (nSPS) is 10.6. The first-order valence-corrected chi connectivity index (χ1v) is 4.66. The van der Waals surface area contributed by atoms with Crippen LogP contribution >= 0.6 is 11.6 Å². The van der Waals surface area contributed by atoms with Crippen molar-refractivity contribution >= 4 is 22.4 Å². The lowest BCUT2D eigenvalue weighted by molar-refractivity contribution is 1.30. The van der Waals surface area contributed by atoms with Crippen molar-refractivity contribution in [2.24, 2.45) is 0 Å². The van der Waals surface area contributed by atoms with Gasteiger partial charge in [0, 0.05) is 10.4 Å². The Morgan fingerprint density at radius 2 is 1.69 bits per heavy atom. The van der Waals surface area contributed by atoms with Crippen LogP contribution in [0.25, 0.3) is 10.8 Å². The van der Waals surface area contributed by atoms with E-state index < -0.39 is 0 Å². The molecule has 1 radical (unpaired) electrons. The molecule has 0 nitrogen and oxygen atoms in total. The van der Waals surface area contributed by atoms with Crippen molar-refractivity contribution < 1.29 is 0 Å². The van der Waals surface area contributed by atoms with Gasteiger partial charge in [-0.15, -0.1) is 0 Å². The van der Waals surface area contributed by atoms with Crippen LogP contribution < -0.4 is 0 Å². The lowest BCUT2D eigenvalue weighted by Crippen LogP contribution is -1.83. The molecular formula is C12H10Cl. The molecule has 2 rings (SSSR count). The third kappa shape index (κ3) is 1.42. The molecular weight excluding hydrogens is 180 g/mol. The van der Waals surface area contributed by atoms with Gasteiger partial charge in [-0.1, -0.05) is 41.9 Å². The fourth-order valence-corrected chi connectivity index (χ4v) is 1.77. The minimum Gasteiger partial charge on any atom is -0.0837 e. The van der Waals surface area contributed by atoms with Crippen LogP contribution in [0.15, 0.2) is 36.4 Å². The van der Waals surface area contributed by atoms with Gasteiger partial charge in [0.1, 0.15) is 0 Å². The maximum absolute atomic E-state index is 6.07. The first-order chi connectivity index (χ1) is 6.33. The summed E-state index contributed by atoms with van der Waals surface area (Å²) < 4.78 is 0. The Bertz CT molecular complexity index is 432. The first kappa shape index (κ1) is 8.58. The summed E-state index contributed by atoms with van der Waals surface area (Å²) in [6.45, 7) is 3.89. The van der Waals surface area contributed by atoms with Crippen LogP contribution in [0.3, 0.4) is 0 Å². The third-order valence-corrected chi connectivity index (χ3v) is 2.56. The Morgan fingerprint density at radius 1 is 1.00 bits per heavy atom. The highest BCUT2D eigenvalue weighted by molar-refractivity contribution is 6.35. The van der Waals surface area contributed by atoms with Gasteiger partial charge in [0.15, 0.2) is 0 Å². The molecule has 0 atom stereocenters. The summed E-state index contributed by atoms with van der Waals surface area (Å²) in [6, 6.07) is 12.1. The number of hydrogen-bond acceptors (Lipinski definition) is 0. The minimum absolute atomic E-state index is 0.803. The van der Waals surface area contributed by atoms with E-state index in [2.05, 4.69) is 13.0 Å². The second kappa shape index (κ2) is 3.39. The van der Waals surface area contributed by atoms with Crippen molar-refractivity contribution in [3.8, 4) is 0 Å². The van der Waals surface area contributed by atoms with Gasteiger partial charge in [0.05, 0.1) is 0 Å². The number of hydrogen-bond donors (Lipinski definition) is 0. The summed E-state index contributed by atoms with van der Waals surface area (Å²) in [6.07, 6.45) is 0.803. The van der Waals surface area contributed by atoms with Crippen molar-refractivity contribution in [3.05, 3.63) is 53.9 Å². The molecule has 0 heterocycles. The van der Waals surface area contributed by atoms with Gasteiger partial charge in [-0.3, -0.25) is 0 Å². The van der Waals surface area contributed by atoms with Crippen molar-refractivity contribution in [1.29, 1.82) is 0 Å². The minimum atomic E-state index is 0.803. The largest absolute Gasteiger partial charge is 0.0837 e. The lowest BCUT2D eigenvalue weighted by atomic mass is 10.0. The molecule has 0 aliphatic rings. The molecule has 0 amide bonds. The zero-order chi connectivity index (χ0) is 9.26. The Hall–Kier alpha value is -1.01. The number of rotatable bonds is 1. The zero-order valence-corrected chi connectivity index (χ0v) is 8.01. The zero-order valence-electron chi connectivity index (χ0n) is 7.26. The molecule has 1 heteroatoms. The summed E-state index contributed by atoms with van der Waals surface area (Å²) in [5.41, 5.74) is 1.25. The molecule has 65 valence electrons. The maximum atomic E-state index is 6.07. The van der Waals surface area contributed by atoms with E-state index in [9.17, 15) is 0 Å². The quantitative estimate of drug-likeness (QED) is 0.639. The van der Waals surface area contributed by atoms with Gasteiger partial charge in [-0.25, -0.2) is 0 Å². The highest BCUT2D eigenvalue weighted by atomic mass is 35.5. The van der Waals surface area contributed by atoms with Gasteiger partial charge in [-0.05, 0) is 30.4 Å². The van der Waals surface area contributed by atoms with Crippen molar-refractivity contribution in [2.75, 3.05) is 0 Å². The van der Waals surface area contributed by atoms with Gasteiger partial charge in [-0.2, -0.15) is 0 Å². The first-order valence-electron chi connectivity index (χ1n) is 4.28. The highest BCUT2D eigenvalue weighted by Gasteiger charge is 2.01. The predicted octanol–water partition coefficient (Wildman–Crippen LogP) is 3.87. The topological polar surface area (TPSA) is 0 Å². The second-order valence-corrected chi connectivity index (χ2v) is 3.41. The second-order valence-electron chi connectivity index (χ2n) is 3.00. The maximum Gasteiger partial charge on any atom is 0.0484 e. The molecule has 2 aromatic carbocycles. The van der Waals surface area contributed by atoms with E-state index in [4.69, 9.17) is 11.6 Å². The van der Waals surface area contributed by atoms with E-state index in [0.29, 0.717) is 0 Å². The van der Waals surface area contributed by atoms with Crippen molar-refractivity contribution in [2.45, 2.75) is 6.42 Å². The molecule has 0 saturated carbocycles. The number of halogens is 1. The molecule has 0 aliphatic carbocycles. The molecule has 0 unspecified atom stereocenters. The van der Waals surface area contributed by atoms with Crippen molar-refractivity contribution in [1.82, 2.24) is 0 Å². The summed E-state index contributed by atoms with van der Waals surface area (Å²) in [7, 11) is 0. The summed E-state index contributed by atoms with van der Waals surface area (Å²) >= 11 is 6.07. The molecule has 0 N–H and O–H groups in total.